The third-order valence-electron chi connectivity index (χ3n) is 3.09. The summed E-state index contributed by atoms with van der Waals surface area (Å²) in [5, 5.41) is 0.906. The molecule has 0 bridgehead atoms. The smallest absolute Gasteiger partial charge is 0.152 e. The standard InChI is InChI=1S/C13H12BrNO3/c14-8-1-2-11-9(5-8)10(6-16)13(15-11)12-7-17-3-4-18-12/h1-2,5-6,12,15H,3-4,7H2. The number of carbonyl (C=O) groups is 1. The highest BCUT2D eigenvalue weighted by Gasteiger charge is 2.23. The van der Waals surface area contributed by atoms with E-state index in [1.165, 1.54) is 0 Å². The van der Waals surface area contributed by atoms with Crippen LogP contribution in [-0.2, 0) is 9.47 Å². The fraction of sp³-hybridized carbons (Fsp3) is 0.308. The number of benzene rings is 1. The number of carbonyl (C=O) groups excluding carboxylic acids is 1. The zero-order valence-electron chi connectivity index (χ0n) is 9.61. The second kappa shape index (κ2) is 4.84. The monoisotopic (exact) mass is 309 g/mol. The number of fused-ring (bicyclic) bond motifs is 1. The topological polar surface area (TPSA) is 51.3 Å². The Morgan fingerprint density at radius 2 is 2.28 bits per heavy atom. The number of halogens is 1. The van der Waals surface area contributed by atoms with E-state index < -0.39 is 0 Å². The molecular weight excluding hydrogens is 298 g/mol. The summed E-state index contributed by atoms with van der Waals surface area (Å²) >= 11 is 3.42. The first-order valence-electron chi connectivity index (χ1n) is 5.75. The van der Waals surface area contributed by atoms with Gasteiger partial charge in [-0.3, -0.25) is 4.79 Å². The van der Waals surface area contributed by atoms with Gasteiger partial charge in [0, 0.05) is 20.9 Å². The normalized spacial score (nSPS) is 20.2. The van der Waals surface area contributed by atoms with Gasteiger partial charge in [0.05, 0.1) is 25.5 Å². The van der Waals surface area contributed by atoms with Crippen LogP contribution in [0.5, 0.6) is 0 Å². The van der Waals surface area contributed by atoms with Crippen molar-refractivity contribution in [2.45, 2.75) is 6.10 Å². The van der Waals surface area contributed by atoms with Gasteiger partial charge in [-0.15, -0.1) is 0 Å². The second-order valence-electron chi connectivity index (χ2n) is 4.19. The minimum absolute atomic E-state index is 0.190. The maximum Gasteiger partial charge on any atom is 0.152 e. The number of nitrogens with one attached hydrogen (secondary N) is 1. The van der Waals surface area contributed by atoms with E-state index >= 15 is 0 Å². The number of H-pyrrole nitrogens is 1. The number of hydrogen-bond donors (Lipinski definition) is 1. The molecule has 94 valence electrons. The summed E-state index contributed by atoms with van der Waals surface area (Å²) in [6, 6.07) is 5.82. The molecule has 0 aliphatic carbocycles. The van der Waals surface area contributed by atoms with Gasteiger partial charge in [-0.25, -0.2) is 0 Å². The molecule has 1 aliphatic heterocycles. The Hall–Kier alpha value is -1.17. The molecule has 0 amide bonds. The Kier molecular flexibility index (Phi) is 3.20. The first-order chi connectivity index (χ1) is 8.79. The highest BCUT2D eigenvalue weighted by molar-refractivity contribution is 9.10. The number of hydrogen-bond acceptors (Lipinski definition) is 3. The van der Waals surface area contributed by atoms with E-state index in [9.17, 15) is 4.79 Å². The summed E-state index contributed by atoms with van der Waals surface area (Å²) in [6.45, 7) is 1.65. The molecule has 5 heteroatoms. The molecule has 4 nitrogen and oxygen atoms in total. The van der Waals surface area contributed by atoms with Crippen LogP contribution in [0.3, 0.4) is 0 Å². The lowest BCUT2D eigenvalue weighted by Gasteiger charge is -2.22. The van der Waals surface area contributed by atoms with E-state index in [1.807, 2.05) is 18.2 Å². The van der Waals surface area contributed by atoms with Gasteiger partial charge in [-0.2, -0.15) is 0 Å². The average molecular weight is 310 g/mol. The van der Waals surface area contributed by atoms with Gasteiger partial charge in [-0.1, -0.05) is 15.9 Å². The molecule has 0 radical (unpaired) electrons. The Morgan fingerprint density at radius 3 is 3.00 bits per heavy atom. The zero-order chi connectivity index (χ0) is 12.5. The maximum absolute atomic E-state index is 11.3. The van der Waals surface area contributed by atoms with Crippen molar-refractivity contribution in [1.82, 2.24) is 4.98 Å². The van der Waals surface area contributed by atoms with E-state index in [1.54, 1.807) is 0 Å². The van der Waals surface area contributed by atoms with Crippen LogP contribution in [0.15, 0.2) is 22.7 Å². The van der Waals surface area contributed by atoms with E-state index in [0.717, 1.165) is 27.4 Å². The molecule has 3 rings (SSSR count). The largest absolute Gasteiger partial charge is 0.376 e. The lowest BCUT2D eigenvalue weighted by atomic mass is 10.1. The molecular formula is C13H12BrNO3. The fourth-order valence-corrected chi connectivity index (χ4v) is 2.60. The number of rotatable bonds is 2. The number of ether oxygens (including phenoxy) is 2. The quantitative estimate of drug-likeness (QED) is 0.868. The summed E-state index contributed by atoms with van der Waals surface area (Å²) in [4.78, 5) is 14.6. The first-order valence-corrected chi connectivity index (χ1v) is 6.54. The summed E-state index contributed by atoms with van der Waals surface area (Å²) < 4.78 is 12.0. The van der Waals surface area contributed by atoms with Crippen molar-refractivity contribution in [2.24, 2.45) is 0 Å². The van der Waals surface area contributed by atoms with Gasteiger partial charge < -0.3 is 14.5 Å². The number of aromatic amines is 1. The molecule has 1 unspecified atom stereocenters. The van der Waals surface area contributed by atoms with Crippen LogP contribution < -0.4 is 0 Å². The van der Waals surface area contributed by atoms with Crippen molar-refractivity contribution >= 4 is 33.1 Å². The minimum Gasteiger partial charge on any atom is -0.376 e. The lowest BCUT2D eigenvalue weighted by Crippen LogP contribution is -2.22. The van der Waals surface area contributed by atoms with Gasteiger partial charge in [0.15, 0.2) is 6.29 Å². The van der Waals surface area contributed by atoms with Crippen molar-refractivity contribution < 1.29 is 14.3 Å². The van der Waals surface area contributed by atoms with Crippen molar-refractivity contribution in [3.8, 4) is 0 Å². The molecule has 1 saturated heterocycles. The molecule has 2 aromatic rings. The predicted octanol–water partition coefficient (Wildman–Crippen LogP) is 2.83. The molecule has 1 fully saturated rings. The predicted molar refractivity (Wildman–Crippen MR) is 70.9 cm³/mol. The van der Waals surface area contributed by atoms with Crippen LogP contribution >= 0.6 is 15.9 Å². The molecule has 1 aromatic carbocycles. The molecule has 18 heavy (non-hydrogen) atoms. The third kappa shape index (κ3) is 1.98. The number of aromatic nitrogens is 1. The fourth-order valence-electron chi connectivity index (χ4n) is 2.24. The van der Waals surface area contributed by atoms with Gasteiger partial charge in [0.25, 0.3) is 0 Å². The van der Waals surface area contributed by atoms with Crippen LogP contribution in [0, 0.1) is 0 Å². The Labute approximate surface area is 112 Å². The molecule has 0 saturated carbocycles. The van der Waals surface area contributed by atoms with Crippen molar-refractivity contribution in [3.63, 3.8) is 0 Å². The van der Waals surface area contributed by atoms with Gasteiger partial charge >= 0.3 is 0 Å². The lowest BCUT2D eigenvalue weighted by molar-refractivity contribution is -0.0916. The van der Waals surface area contributed by atoms with Crippen LogP contribution in [0.1, 0.15) is 22.2 Å². The Bertz CT molecular complexity index is 587. The SMILES string of the molecule is O=Cc1c(C2COCCO2)[nH]c2ccc(Br)cc12. The molecule has 1 atom stereocenters. The van der Waals surface area contributed by atoms with Gasteiger partial charge in [0.2, 0.25) is 0 Å². The van der Waals surface area contributed by atoms with Crippen LogP contribution in [0.2, 0.25) is 0 Å². The summed E-state index contributed by atoms with van der Waals surface area (Å²) in [5.41, 5.74) is 2.39. The van der Waals surface area contributed by atoms with E-state index in [4.69, 9.17) is 9.47 Å². The first kappa shape index (κ1) is 11.9. The van der Waals surface area contributed by atoms with Crippen LogP contribution in [0.25, 0.3) is 10.9 Å². The zero-order valence-corrected chi connectivity index (χ0v) is 11.2. The third-order valence-corrected chi connectivity index (χ3v) is 3.58. The average Bonchev–Trinajstić information content (AvgIpc) is 2.77. The summed E-state index contributed by atoms with van der Waals surface area (Å²) in [6.07, 6.45) is 0.684. The second-order valence-corrected chi connectivity index (χ2v) is 5.11. The summed E-state index contributed by atoms with van der Waals surface area (Å²) in [7, 11) is 0. The Morgan fingerprint density at radius 1 is 1.39 bits per heavy atom. The van der Waals surface area contributed by atoms with E-state index in [-0.39, 0.29) is 6.10 Å². The number of aldehydes is 1. The van der Waals surface area contributed by atoms with Crippen LogP contribution in [-0.4, -0.2) is 31.1 Å². The van der Waals surface area contributed by atoms with Gasteiger partial charge in [0.1, 0.15) is 6.10 Å². The maximum atomic E-state index is 11.3. The Balaban J connectivity index is 2.13. The van der Waals surface area contributed by atoms with Gasteiger partial charge in [-0.05, 0) is 18.2 Å². The van der Waals surface area contributed by atoms with E-state index in [2.05, 4.69) is 20.9 Å². The van der Waals surface area contributed by atoms with Crippen molar-refractivity contribution in [3.05, 3.63) is 33.9 Å². The highest BCUT2D eigenvalue weighted by Crippen LogP contribution is 2.30. The van der Waals surface area contributed by atoms with Crippen molar-refractivity contribution in [2.75, 3.05) is 19.8 Å². The van der Waals surface area contributed by atoms with Crippen LogP contribution in [0.4, 0.5) is 0 Å². The summed E-state index contributed by atoms with van der Waals surface area (Å²) in [5.74, 6) is 0. The molecule has 0 spiro atoms. The molecule has 2 heterocycles. The molecule has 1 aliphatic rings. The minimum atomic E-state index is -0.190. The van der Waals surface area contributed by atoms with E-state index in [0.29, 0.717) is 25.4 Å². The molecule has 1 aromatic heterocycles. The van der Waals surface area contributed by atoms with Crippen molar-refractivity contribution in [1.29, 1.82) is 0 Å². The molecule has 1 N–H and O–H groups in total. The highest BCUT2D eigenvalue weighted by atomic mass is 79.9.